The second-order valence-corrected chi connectivity index (χ2v) is 5.44. The van der Waals surface area contributed by atoms with Crippen LogP contribution in [0.3, 0.4) is 0 Å². The third-order valence-corrected chi connectivity index (χ3v) is 3.66. The summed E-state index contributed by atoms with van der Waals surface area (Å²) in [6.45, 7) is 0.535. The van der Waals surface area contributed by atoms with Crippen LogP contribution in [0.25, 0.3) is 0 Å². The minimum Gasteiger partial charge on any atom is -0.493 e. The highest BCUT2D eigenvalue weighted by molar-refractivity contribution is 7.99. The maximum Gasteiger partial charge on any atom is 0.265 e. The van der Waals surface area contributed by atoms with Crippen LogP contribution in [0, 0.1) is 0 Å². The van der Waals surface area contributed by atoms with E-state index in [1.165, 1.54) is 0 Å². The zero-order valence-corrected chi connectivity index (χ0v) is 12.2. The summed E-state index contributed by atoms with van der Waals surface area (Å²) in [5, 5.41) is 0. The molecule has 2 aromatic carbocycles. The van der Waals surface area contributed by atoms with Crippen molar-refractivity contribution >= 4 is 23.4 Å². The molecule has 0 saturated heterocycles. The zero-order valence-electron chi connectivity index (χ0n) is 11.4. The number of carbonyl (C=O) groups excluding carboxylic acids is 1. The van der Waals surface area contributed by atoms with Crippen molar-refractivity contribution < 1.29 is 9.53 Å². The van der Waals surface area contributed by atoms with Crippen molar-refractivity contribution in [2.75, 3.05) is 18.1 Å². The molecular weight excluding hydrogens is 286 g/mol. The predicted octanol–water partition coefficient (Wildman–Crippen LogP) is 2.04. The van der Waals surface area contributed by atoms with E-state index in [-0.39, 0.29) is 5.91 Å². The molecule has 0 aromatic heterocycles. The lowest BCUT2D eigenvalue weighted by Crippen LogP contribution is -2.29. The maximum atomic E-state index is 11.4. The highest BCUT2D eigenvalue weighted by atomic mass is 32.2. The van der Waals surface area contributed by atoms with Crippen molar-refractivity contribution in [1.82, 2.24) is 5.43 Å². The molecule has 0 aliphatic heterocycles. The van der Waals surface area contributed by atoms with E-state index in [0.717, 1.165) is 16.3 Å². The summed E-state index contributed by atoms with van der Waals surface area (Å²) < 4.78 is 5.62. The minimum absolute atomic E-state index is 0.338. The van der Waals surface area contributed by atoms with E-state index in [4.69, 9.17) is 16.3 Å². The second kappa shape index (κ2) is 7.56. The van der Waals surface area contributed by atoms with Crippen molar-refractivity contribution in [3.63, 3.8) is 0 Å². The molecule has 0 atom stereocenters. The van der Waals surface area contributed by atoms with Crippen molar-refractivity contribution in [2.24, 2.45) is 5.84 Å². The normalized spacial score (nSPS) is 10.1. The fourth-order valence-corrected chi connectivity index (χ4v) is 2.53. The number of anilines is 1. The third kappa shape index (κ3) is 4.70. The number of benzene rings is 2. The van der Waals surface area contributed by atoms with Crippen LogP contribution in [0.1, 0.15) is 10.4 Å². The Morgan fingerprint density at radius 3 is 2.76 bits per heavy atom. The van der Waals surface area contributed by atoms with Crippen molar-refractivity contribution in [3.05, 3.63) is 54.1 Å². The molecule has 5 nitrogen and oxygen atoms in total. The molecule has 21 heavy (non-hydrogen) atoms. The van der Waals surface area contributed by atoms with Gasteiger partial charge in [0.1, 0.15) is 5.75 Å². The summed E-state index contributed by atoms with van der Waals surface area (Å²) in [6.07, 6.45) is 0. The van der Waals surface area contributed by atoms with Gasteiger partial charge in [0.2, 0.25) is 0 Å². The molecule has 0 heterocycles. The van der Waals surface area contributed by atoms with Gasteiger partial charge in [0.05, 0.1) is 6.61 Å². The van der Waals surface area contributed by atoms with Crippen LogP contribution in [0.5, 0.6) is 5.75 Å². The summed E-state index contributed by atoms with van der Waals surface area (Å²) in [5.74, 6) is 6.19. The number of hydrazine groups is 1. The molecule has 0 bridgehead atoms. The first-order valence-electron chi connectivity index (χ1n) is 6.41. The quantitative estimate of drug-likeness (QED) is 0.190. The lowest BCUT2D eigenvalue weighted by Gasteiger charge is -2.08. The Morgan fingerprint density at radius 1 is 1.19 bits per heavy atom. The Bertz CT molecular complexity index is 619. The number of rotatable bonds is 6. The number of thioether (sulfide) groups is 1. The molecule has 0 aliphatic rings. The highest BCUT2D eigenvalue weighted by Gasteiger charge is 2.04. The van der Waals surface area contributed by atoms with Gasteiger partial charge in [-0.05, 0) is 36.4 Å². The van der Waals surface area contributed by atoms with Crippen LogP contribution in [-0.2, 0) is 0 Å². The highest BCUT2D eigenvalue weighted by Crippen LogP contribution is 2.20. The van der Waals surface area contributed by atoms with E-state index in [1.54, 1.807) is 36.0 Å². The Labute approximate surface area is 127 Å². The monoisotopic (exact) mass is 303 g/mol. The topological polar surface area (TPSA) is 90.4 Å². The smallest absolute Gasteiger partial charge is 0.265 e. The average Bonchev–Trinajstić information content (AvgIpc) is 2.51. The summed E-state index contributed by atoms with van der Waals surface area (Å²) in [7, 11) is 0. The van der Waals surface area contributed by atoms with E-state index in [2.05, 4.69) is 5.43 Å². The van der Waals surface area contributed by atoms with E-state index >= 15 is 0 Å². The van der Waals surface area contributed by atoms with Gasteiger partial charge < -0.3 is 10.5 Å². The first kappa shape index (κ1) is 15.2. The molecule has 6 heteroatoms. The fraction of sp³-hybridized carbons (Fsp3) is 0.133. The largest absolute Gasteiger partial charge is 0.493 e. The van der Waals surface area contributed by atoms with E-state index < -0.39 is 0 Å². The molecule has 0 spiro atoms. The Hall–Kier alpha value is -2.18. The van der Waals surface area contributed by atoms with Crippen LogP contribution >= 0.6 is 11.8 Å². The summed E-state index contributed by atoms with van der Waals surface area (Å²) in [5.41, 5.74) is 9.03. The number of nitrogen functional groups attached to an aromatic ring is 2. The molecule has 2 aromatic rings. The van der Waals surface area contributed by atoms with E-state index in [9.17, 15) is 4.79 Å². The molecule has 0 saturated carbocycles. The Kier molecular flexibility index (Phi) is 5.48. The van der Waals surface area contributed by atoms with Crippen LogP contribution in [0.4, 0.5) is 5.69 Å². The number of hydrogen-bond acceptors (Lipinski definition) is 5. The molecule has 0 fully saturated rings. The predicted molar refractivity (Wildman–Crippen MR) is 85.2 cm³/mol. The second-order valence-electron chi connectivity index (χ2n) is 4.27. The van der Waals surface area contributed by atoms with Crippen molar-refractivity contribution in [3.8, 4) is 5.75 Å². The van der Waals surface area contributed by atoms with Crippen molar-refractivity contribution in [1.29, 1.82) is 0 Å². The van der Waals surface area contributed by atoms with Gasteiger partial charge in [-0.3, -0.25) is 10.2 Å². The van der Waals surface area contributed by atoms with Gasteiger partial charge in [-0.2, -0.15) is 0 Å². The standard InChI is InChI=1S/C15H17N3O2S/c16-12-4-2-6-14(10-12)21-8-7-20-13-5-1-3-11(9-13)15(19)18-17/h1-6,9-10H,7-8,16-17H2,(H,18,19). The van der Waals surface area contributed by atoms with Gasteiger partial charge >= 0.3 is 0 Å². The van der Waals surface area contributed by atoms with Crippen LogP contribution in [-0.4, -0.2) is 18.3 Å². The van der Waals surface area contributed by atoms with Crippen LogP contribution in [0.2, 0.25) is 0 Å². The van der Waals surface area contributed by atoms with Crippen LogP contribution < -0.4 is 21.7 Å². The Morgan fingerprint density at radius 2 is 2.00 bits per heavy atom. The van der Waals surface area contributed by atoms with E-state index in [0.29, 0.717) is 17.9 Å². The SMILES string of the molecule is NNC(=O)c1cccc(OCCSc2cccc(N)c2)c1. The van der Waals surface area contributed by atoms with E-state index in [1.807, 2.05) is 24.3 Å². The lowest BCUT2D eigenvalue weighted by atomic mass is 10.2. The van der Waals surface area contributed by atoms with Gasteiger partial charge in [-0.25, -0.2) is 5.84 Å². The Balaban J connectivity index is 1.82. The van der Waals surface area contributed by atoms with Gasteiger partial charge in [-0.15, -0.1) is 11.8 Å². The zero-order chi connectivity index (χ0) is 15.1. The number of hydrogen-bond donors (Lipinski definition) is 3. The minimum atomic E-state index is -0.338. The molecule has 110 valence electrons. The average molecular weight is 303 g/mol. The number of carbonyl (C=O) groups is 1. The first-order chi connectivity index (χ1) is 10.2. The molecule has 0 aliphatic carbocycles. The van der Waals surface area contributed by atoms with Crippen LogP contribution in [0.15, 0.2) is 53.4 Å². The maximum absolute atomic E-state index is 11.4. The van der Waals surface area contributed by atoms with Gasteiger partial charge in [0.25, 0.3) is 5.91 Å². The number of nitrogens with two attached hydrogens (primary N) is 2. The number of nitrogens with one attached hydrogen (secondary N) is 1. The molecular formula is C15H17N3O2S. The first-order valence-corrected chi connectivity index (χ1v) is 7.40. The number of amides is 1. The summed E-state index contributed by atoms with van der Waals surface area (Å²) >= 11 is 1.66. The molecule has 5 N–H and O–H groups in total. The summed E-state index contributed by atoms with van der Waals surface area (Å²) in [4.78, 5) is 12.5. The molecule has 2 rings (SSSR count). The fourth-order valence-electron chi connectivity index (χ4n) is 1.73. The molecule has 0 unspecified atom stereocenters. The number of ether oxygens (including phenoxy) is 1. The summed E-state index contributed by atoms with van der Waals surface area (Å²) in [6, 6.07) is 14.6. The van der Waals surface area contributed by atoms with Gasteiger partial charge in [0.15, 0.2) is 0 Å². The van der Waals surface area contributed by atoms with Crippen molar-refractivity contribution in [2.45, 2.75) is 4.90 Å². The molecule has 0 radical (unpaired) electrons. The van der Waals surface area contributed by atoms with Gasteiger partial charge in [0, 0.05) is 21.9 Å². The molecule has 1 amide bonds. The van der Waals surface area contributed by atoms with Gasteiger partial charge in [-0.1, -0.05) is 12.1 Å². The third-order valence-electron chi connectivity index (χ3n) is 2.71. The lowest BCUT2D eigenvalue weighted by molar-refractivity contribution is 0.0953.